The van der Waals surface area contributed by atoms with E-state index in [4.69, 9.17) is 4.74 Å². The molecule has 2 N–H and O–H groups in total. The van der Waals surface area contributed by atoms with E-state index in [0.717, 1.165) is 26.2 Å². The monoisotopic (exact) mass is 265 g/mol. The fourth-order valence-corrected chi connectivity index (χ4v) is 1.77. The van der Waals surface area contributed by atoms with Crippen LogP contribution in [0, 0.1) is 0 Å². The first kappa shape index (κ1) is 16.0. The number of nitrogens with zero attached hydrogens (tertiary/aromatic N) is 1. The van der Waals surface area contributed by atoms with Crippen LogP contribution in [0.5, 0.6) is 0 Å². The van der Waals surface area contributed by atoms with E-state index in [1.165, 1.54) is 11.3 Å². The molecule has 1 aromatic rings. The van der Waals surface area contributed by atoms with Crippen molar-refractivity contribution in [3.05, 3.63) is 29.8 Å². The van der Waals surface area contributed by atoms with Crippen LogP contribution in [-0.4, -0.2) is 46.9 Å². The molecule has 0 bridgehead atoms. The molecule has 1 unspecified atom stereocenters. The molecule has 108 valence electrons. The third-order valence-electron chi connectivity index (χ3n) is 3.04. The van der Waals surface area contributed by atoms with Gasteiger partial charge in [0.2, 0.25) is 0 Å². The summed E-state index contributed by atoms with van der Waals surface area (Å²) in [7, 11) is 5.84. The summed E-state index contributed by atoms with van der Waals surface area (Å²) in [4.78, 5) is 2.11. The number of nitrogens with one attached hydrogen (secondary N) is 2. The van der Waals surface area contributed by atoms with E-state index in [1.54, 1.807) is 7.11 Å². The highest BCUT2D eigenvalue weighted by atomic mass is 16.5. The van der Waals surface area contributed by atoms with Crippen LogP contribution in [0.4, 0.5) is 5.69 Å². The molecule has 0 saturated carbocycles. The lowest BCUT2D eigenvalue weighted by Gasteiger charge is -2.16. The molecule has 19 heavy (non-hydrogen) atoms. The molecule has 0 saturated heterocycles. The number of rotatable bonds is 9. The van der Waals surface area contributed by atoms with Gasteiger partial charge in [-0.3, -0.25) is 0 Å². The smallest absolute Gasteiger partial charge is 0.0587 e. The van der Waals surface area contributed by atoms with Gasteiger partial charge in [-0.15, -0.1) is 0 Å². The Labute approximate surface area is 117 Å². The Morgan fingerprint density at radius 3 is 2.47 bits per heavy atom. The molecule has 4 heteroatoms. The SMILES string of the molecule is COCCNCC(C)NCc1ccc(N(C)C)cc1. The molecule has 0 amide bonds. The van der Waals surface area contributed by atoms with Crippen LogP contribution in [-0.2, 0) is 11.3 Å². The lowest BCUT2D eigenvalue weighted by atomic mass is 10.2. The highest BCUT2D eigenvalue weighted by molar-refractivity contribution is 5.45. The van der Waals surface area contributed by atoms with E-state index >= 15 is 0 Å². The third-order valence-corrected chi connectivity index (χ3v) is 3.04. The van der Waals surface area contributed by atoms with Crippen molar-refractivity contribution in [1.82, 2.24) is 10.6 Å². The van der Waals surface area contributed by atoms with Crippen LogP contribution >= 0.6 is 0 Å². The molecule has 1 atom stereocenters. The summed E-state index contributed by atoms with van der Waals surface area (Å²) in [6.45, 7) is 5.72. The van der Waals surface area contributed by atoms with Gasteiger partial charge in [-0.05, 0) is 24.6 Å². The largest absolute Gasteiger partial charge is 0.383 e. The molecule has 0 aliphatic heterocycles. The quantitative estimate of drug-likeness (QED) is 0.663. The minimum atomic E-state index is 0.449. The van der Waals surface area contributed by atoms with Crippen molar-refractivity contribution in [2.45, 2.75) is 19.5 Å². The standard InChI is InChI=1S/C15H27N3O/c1-13(11-16-9-10-19-4)17-12-14-5-7-15(8-6-14)18(2)3/h5-8,13,16-17H,9-12H2,1-4H3. The molecule has 4 nitrogen and oxygen atoms in total. The summed E-state index contributed by atoms with van der Waals surface area (Å²) in [6.07, 6.45) is 0. The van der Waals surface area contributed by atoms with Crippen molar-refractivity contribution >= 4 is 5.69 Å². The zero-order chi connectivity index (χ0) is 14.1. The second kappa shape index (κ2) is 8.91. The Kier molecular flexibility index (Phi) is 7.48. The van der Waals surface area contributed by atoms with Gasteiger partial charge in [-0.2, -0.15) is 0 Å². The first-order valence-electron chi connectivity index (χ1n) is 6.82. The maximum absolute atomic E-state index is 5.00. The molecular formula is C15H27N3O. The van der Waals surface area contributed by atoms with Crippen LogP contribution in [0.25, 0.3) is 0 Å². The normalized spacial score (nSPS) is 12.4. The Morgan fingerprint density at radius 1 is 1.21 bits per heavy atom. The highest BCUT2D eigenvalue weighted by Crippen LogP contribution is 2.11. The number of anilines is 1. The molecule has 0 aliphatic carbocycles. The molecule has 1 rings (SSSR count). The fraction of sp³-hybridized carbons (Fsp3) is 0.600. The van der Waals surface area contributed by atoms with E-state index in [2.05, 4.69) is 60.8 Å². The number of hydrogen-bond donors (Lipinski definition) is 2. The van der Waals surface area contributed by atoms with Crippen LogP contribution in [0.3, 0.4) is 0 Å². The van der Waals surface area contributed by atoms with Crippen molar-refractivity contribution in [3.8, 4) is 0 Å². The lowest BCUT2D eigenvalue weighted by molar-refractivity contribution is 0.198. The molecule has 0 spiro atoms. The Balaban J connectivity index is 2.24. The van der Waals surface area contributed by atoms with Crippen molar-refractivity contribution in [1.29, 1.82) is 0 Å². The molecule has 0 fully saturated rings. The van der Waals surface area contributed by atoms with Gasteiger partial charge in [0, 0.05) is 52.6 Å². The zero-order valence-electron chi connectivity index (χ0n) is 12.6. The van der Waals surface area contributed by atoms with Gasteiger partial charge < -0.3 is 20.3 Å². The molecular weight excluding hydrogens is 238 g/mol. The van der Waals surface area contributed by atoms with E-state index < -0.39 is 0 Å². The van der Waals surface area contributed by atoms with Crippen molar-refractivity contribution < 1.29 is 4.74 Å². The topological polar surface area (TPSA) is 36.5 Å². The minimum absolute atomic E-state index is 0.449. The van der Waals surface area contributed by atoms with Gasteiger partial charge in [0.25, 0.3) is 0 Å². The van der Waals surface area contributed by atoms with Crippen LogP contribution in [0.2, 0.25) is 0 Å². The summed E-state index contributed by atoms with van der Waals surface area (Å²) in [5.74, 6) is 0. The summed E-state index contributed by atoms with van der Waals surface area (Å²) in [5.41, 5.74) is 2.55. The van der Waals surface area contributed by atoms with E-state index in [1.807, 2.05) is 0 Å². The first-order valence-corrected chi connectivity index (χ1v) is 6.82. The van der Waals surface area contributed by atoms with Gasteiger partial charge in [0.1, 0.15) is 0 Å². The number of benzene rings is 1. The van der Waals surface area contributed by atoms with Gasteiger partial charge in [0.05, 0.1) is 6.61 Å². The van der Waals surface area contributed by atoms with Crippen molar-refractivity contribution in [3.63, 3.8) is 0 Å². The van der Waals surface area contributed by atoms with Gasteiger partial charge in [0.15, 0.2) is 0 Å². The van der Waals surface area contributed by atoms with E-state index in [-0.39, 0.29) is 0 Å². The minimum Gasteiger partial charge on any atom is -0.383 e. The van der Waals surface area contributed by atoms with Gasteiger partial charge in [-0.25, -0.2) is 0 Å². The van der Waals surface area contributed by atoms with Crippen molar-refractivity contribution in [2.75, 3.05) is 45.8 Å². The molecule has 0 aliphatic rings. The number of ether oxygens (including phenoxy) is 1. The zero-order valence-corrected chi connectivity index (χ0v) is 12.6. The Bertz CT molecular complexity index is 338. The summed E-state index contributed by atoms with van der Waals surface area (Å²) in [5, 5.41) is 6.86. The number of hydrogen-bond acceptors (Lipinski definition) is 4. The molecule has 0 radical (unpaired) electrons. The number of methoxy groups -OCH3 is 1. The van der Waals surface area contributed by atoms with Crippen LogP contribution in [0.15, 0.2) is 24.3 Å². The first-order chi connectivity index (χ1) is 9.13. The highest BCUT2D eigenvalue weighted by Gasteiger charge is 2.01. The van der Waals surface area contributed by atoms with Crippen molar-refractivity contribution in [2.24, 2.45) is 0 Å². The van der Waals surface area contributed by atoms with E-state index in [9.17, 15) is 0 Å². The summed E-state index contributed by atoms with van der Waals surface area (Å²) in [6, 6.07) is 9.10. The summed E-state index contributed by atoms with van der Waals surface area (Å²) < 4.78 is 5.00. The van der Waals surface area contributed by atoms with E-state index in [0.29, 0.717) is 6.04 Å². The second-order valence-electron chi connectivity index (χ2n) is 5.04. The third kappa shape index (κ3) is 6.57. The molecule has 0 aromatic heterocycles. The van der Waals surface area contributed by atoms with Gasteiger partial charge >= 0.3 is 0 Å². The molecule has 1 aromatic carbocycles. The maximum Gasteiger partial charge on any atom is 0.0587 e. The second-order valence-corrected chi connectivity index (χ2v) is 5.04. The van der Waals surface area contributed by atoms with Crippen LogP contribution < -0.4 is 15.5 Å². The maximum atomic E-state index is 5.00. The Hall–Kier alpha value is -1.10. The van der Waals surface area contributed by atoms with Crippen LogP contribution in [0.1, 0.15) is 12.5 Å². The average molecular weight is 265 g/mol. The average Bonchev–Trinajstić information content (AvgIpc) is 2.42. The fourth-order valence-electron chi connectivity index (χ4n) is 1.77. The summed E-state index contributed by atoms with van der Waals surface area (Å²) >= 11 is 0. The molecule has 0 heterocycles. The lowest BCUT2D eigenvalue weighted by Crippen LogP contribution is -2.37. The Morgan fingerprint density at radius 2 is 1.89 bits per heavy atom. The van der Waals surface area contributed by atoms with Gasteiger partial charge in [-0.1, -0.05) is 12.1 Å². The predicted octanol–water partition coefficient (Wildman–Crippen LogP) is 1.47. The predicted molar refractivity (Wildman–Crippen MR) is 81.8 cm³/mol.